The van der Waals surface area contributed by atoms with Gasteiger partial charge in [-0.15, -0.1) is 0 Å². The molecule has 18 heavy (non-hydrogen) atoms. The van der Waals surface area contributed by atoms with Crippen LogP contribution < -0.4 is 5.32 Å². The molecule has 0 saturated heterocycles. The summed E-state index contributed by atoms with van der Waals surface area (Å²) in [6, 6.07) is 0.728. The molecule has 0 radical (unpaired) electrons. The average Bonchev–Trinajstić information content (AvgIpc) is 2.42. The van der Waals surface area contributed by atoms with Gasteiger partial charge in [0.05, 0.1) is 13.2 Å². The van der Waals surface area contributed by atoms with Crippen molar-refractivity contribution in [3.8, 4) is 0 Å². The van der Waals surface area contributed by atoms with E-state index >= 15 is 0 Å². The number of hydrogen-bond acceptors (Lipinski definition) is 3. The summed E-state index contributed by atoms with van der Waals surface area (Å²) in [4.78, 5) is 0. The van der Waals surface area contributed by atoms with Gasteiger partial charge < -0.3 is 14.8 Å². The predicted molar refractivity (Wildman–Crippen MR) is 75.9 cm³/mol. The van der Waals surface area contributed by atoms with E-state index in [-0.39, 0.29) is 0 Å². The van der Waals surface area contributed by atoms with Gasteiger partial charge in [0.2, 0.25) is 0 Å². The van der Waals surface area contributed by atoms with Gasteiger partial charge in [-0.05, 0) is 51.0 Å². The molecule has 0 aliphatic heterocycles. The lowest BCUT2D eigenvalue weighted by atomic mass is 9.75. The predicted octanol–water partition coefficient (Wildman–Crippen LogP) is 2.84. The van der Waals surface area contributed by atoms with E-state index in [1.807, 2.05) is 0 Å². The minimum absolute atomic E-state index is 0.709. The van der Waals surface area contributed by atoms with Crippen LogP contribution in [-0.2, 0) is 9.47 Å². The first-order valence-corrected chi connectivity index (χ1v) is 7.55. The summed E-state index contributed by atoms with van der Waals surface area (Å²) in [5.41, 5.74) is 0. The Labute approximate surface area is 113 Å². The molecular weight excluding hydrogens is 226 g/mol. The highest BCUT2D eigenvalue weighted by atomic mass is 16.5. The molecule has 1 rings (SSSR count). The van der Waals surface area contributed by atoms with Crippen LogP contribution in [0.25, 0.3) is 0 Å². The molecule has 3 nitrogen and oxygen atoms in total. The highest BCUT2D eigenvalue weighted by Gasteiger charge is 2.28. The van der Waals surface area contributed by atoms with Crippen LogP contribution in [0.4, 0.5) is 0 Å². The van der Waals surface area contributed by atoms with Gasteiger partial charge in [0.15, 0.2) is 0 Å². The lowest BCUT2D eigenvalue weighted by molar-refractivity contribution is 0.0644. The molecule has 0 aromatic rings. The summed E-state index contributed by atoms with van der Waals surface area (Å²) in [5.74, 6) is 1.80. The average molecular weight is 257 g/mol. The number of rotatable bonds is 9. The van der Waals surface area contributed by atoms with Gasteiger partial charge in [-0.25, -0.2) is 0 Å². The van der Waals surface area contributed by atoms with Crippen LogP contribution in [0.3, 0.4) is 0 Å². The molecule has 1 saturated carbocycles. The molecule has 1 aliphatic rings. The smallest absolute Gasteiger partial charge is 0.0700 e. The van der Waals surface area contributed by atoms with Crippen LogP contribution in [0.15, 0.2) is 0 Å². The van der Waals surface area contributed by atoms with E-state index in [0.29, 0.717) is 6.61 Å². The van der Waals surface area contributed by atoms with Gasteiger partial charge in [-0.2, -0.15) is 0 Å². The Morgan fingerprint density at radius 2 is 2.00 bits per heavy atom. The molecular formula is C15H31NO2. The maximum Gasteiger partial charge on any atom is 0.0700 e. The molecule has 1 N–H and O–H groups in total. The fourth-order valence-corrected chi connectivity index (χ4v) is 3.12. The quantitative estimate of drug-likeness (QED) is 0.644. The van der Waals surface area contributed by atoms with Crippen molar-refractivity contribution in [3.63, 3.8) is 0 Å². The third kappa shape index (κ3) is 5.68. The SMILES string of the molecule is CCC1CCC(NC)C(CCCOCCOC)C1. The van der Waals surface area contributed by atoms with Crippen molar-refractivity contribution in [2.45, 2.75) is 51.5 Å². The van der Waals surface area contributed by atoms with Gasteiger partial charge >= 0.3 is 0 Å². The van der Waals surface area contributed by atoms with Crippen molar-refractivity contribution in [1.82, 2.24) is 5.32 Å². The van der Waals surface area contributed by atoms with Crippen molar-refractivity contribution in [3.05, 3.63) is 0 Å². The van der Waals surface area contributed by atoms with Crippen LogP contribution in [0.1, 0.15) is 45.4 Å². The summed E-state index contributed by atoms with van der Waals surface area (Å²) in [7, 11) is 3.83. The highest BCUT2D eigenvalue weighted by Crippen LogP contribution is 2.33. The zero-order valence-electron chi connectivity index (χ0n) is 12.4. The molecule has 1 fully saturated rings. The van der Waals surface area contributed by atoms with Crippen LogP contribution >= 0.6 is 0 Å². The van der Waals surface area contributed by atoms with Crippen LogP contribution in [0, 0.1) is 11.8 Å². The minimum Gasteiger partial charge on any atom is -0.382 e. The molecule has 3 heteroatoms. The van der Waals surface area contributed by atoms with Gasteiger partial charge in [-0.3, -0.25) is 0 Å². The Balaban J connectivity index is 2.16. The molecule has 0 spiro atoms. The van der Waals surface area contributed by atoms with E-state index in [1.54, 1.807) is 7.11 Å². The largest absolute Gasteiger partial charge is 0.382 e. The van der Waals surface area contributed by atoms with Gasteiger partial charge in [-0.1, -0.05) is 13.3 Å². The van der Waals surface area contributed by atoms with Crippen molar-refractivity contribution in [2.75, 3.05) is 34.0 Å². The second-order valence-electron chi connectivity index (χ2n) is 5.49. The lowest BCUT2D eigenvalue weighted by Crippen LogP contribution is -2.38. The van der Waals surface area contributed by atoms with Crippen molar-refractivity contribution in [2.24, 2.45) is 11.8 Å². The van der Waals surface area contributed by atoms with E-state index in [1.165, 1.54) is 38.5 Å². The van der Waals surface area contributed by atoms with Crippen LogP contribution in [0.2, 0.25) is 0 Å². The first-order chi connectivity index (χ1) is 8.81. The van der Waals surface area contributed by atoms with Crippen LogP contribution in [0.5, 0.6) is 0 Å². The first-order valence-electron chi connectivity index (χ1n) is 7.55. The van der Waals surface area contributed by atoms with Crippen molar-refractivity contribution in [1.29, 1.82) is 0 Å². The molecule has 0 bridgehead atoms. The minimum atomic E-state index is 0.709. The van der Waals surface area contributed by atoms with Crippen LogP contribution in [-0.4, -0.2) is 40.0 Å². The zero-order valence-corrected chi connectivity index (χ0v) is 12.4. The Kier molecular flexibility index (Phi) is 8.64. The van der Waals surface area contributed by atoms with Crippen molar-refractivity contribution >= 4 is 0 Å². The normalized spacial score (nSPS) is 28.5. The fraction of sp³-hybridized carbons (Fsp3) is 1.00. The number of nitrogens with one attached hydrogen (secondary N) is 1. The third-order valence-corrected chi connectivity index (χ3v) is 4.33. The summed E-state index contributed by atoms with van der Waals surface area (Å²) >= 11 is 0. The maximum absolute atomic E-state index is 5.54. The van der Waals surface area contributed by atoms with E-state index in [9.17, 15) is 0 Å². The molecule has 1 aliphatic carbocycles. The number of ether oxygens (including phenoxy) is 2. The topological polar surface area (TPSA) is 30.5 Å². The number of methoxy groups -OCH3 is 1. The molecule has 0 amide bonds. The summed E-state index contributed by atoms with van der Waals surface area (Å²) in [6.45, 7) is 4.65. The molecule has 0 aromatic carbocycles. The van der Waals surface area contributed by atoms with E-state index < -0.39 is 0 Å². The Bertz CT molecular complexity index is 199. The van der Waals surface area contributed by atoms with Crippen molar-refractivity contribution < 1.29 is 9.47 Å². The summed E-state index contributed by atoms with van der Waals surface area (Å²) in [6.07, 6.45) is 7.99. The third-order valence-electron chi connectivity index (χ3n) is 4.33. The van der Waals surface area contributed by atoms with Gasteiger partial charge in [0.1, 0.15) is 0 Å². The van der Waals surface area contributed by atoms with Gasteiger partial charge in [0.25, 0.3) is 0 Å². The van der Waals surface area contributed by atoms with E-state index in [2.05, 4.69) is 19.3 Å². The Morgan fingerprint density at radius 1 is 1.17 bits per heavy atom. The molecule has 0 heterocycles. The Morgan fingerprint density at radius 3 is 2.67 bits per heavy atom. The first kappa shape index (κ1) is 15.9. The molecule has 0 aromatic heterocycles. The standard InChI is InChI=1S/C15H31NO2/c1-4-13-7-8-15(16-2)14(12-13)6-5-9-18-11-10-17-3/h13-16H,4-12H2,1-3H3. The highest BCUT2D eigenvalue weighted by molar-refractivity contribution is 4.83. The van der Waals surface area contributed by atoms with E-state index in [4.69, 9.17) is 9.47 Å². The monoisotopic (exact) mass is 257 g/mol. The fourth-order valence-electron chi connectivity index (χ4n) is 3.12. The maximum atomic E-state index is 5.54. The second kappa shape index (κ2) is 9.76. The molecule has 3 atom stereocenters. The molecule has 108 valence electrons. The lowest BCUT2D eigenvalue weighted by Gasteiger charge is -2.36. The van der Waals surface area contributed by atoms with E-state index in [0.717, 1.165) is 31.1 Å². The number of hydrogen-bond donors (Lipinski definition) is 1. The van der Waals surface area contributed by atoms with Gasteiger partial charge in [0, 0.05) is 19.8 Å². The molecule has 3 unspecified atom stereocenters. The summed E-state index contributed by atoms with van der Waals surface area (Å²) < 4.78 is 10.5. The second-order valence-corrected chi connectivity index (χ2v) is 5.49. The summed E-state index contributed by atoms with van der Waals surface area (Å²) in [5, 5.41) is 3.50. The Hall–Kier alpha value is -0.120. The zero-order chi connectivity index (χ0) is 13.2.